The molecule has 1 saturated heterocycles. The van der Waals surface area contributed by atoms with E-state index in [9.17, 15) is 9.59 Å². The fourth-order valence-electron chi connectivity index (χ4n) is 4.48. The van der Waals surface area contributed by atoms with Crippen LogP contribution in [0.5, 0.6) is 5.75 Å². The molecular weight excluding hydrogens is 380 g/mol. The molecule has 0 N–H and O–H groups in total. The Morgan fingerprint density at radius 2 is 1.97 bits per heavy atom. The molecule has 2 amide bonds. The average Bonchev–Trinajstić information content (AvgIpc) is 3.06. The van der Waals surface area contributed by atoms with Crippen LogP contribution in [-0.4, -0.2) is 59.9 Å². The van der Waals surface area contributed by atoms with Gasteiger partial charge < -0.3 is 19.4 Å². The van der Waals surface area contributed by atoms with E-state index in [0.717, 1.165) is 42.7 Å². The Balaban J connectivity index is 1.41. The molecule has 1 fully saturated rings. The van der Waals surface area contributed by atoms with E-state index >= 15 is 0 Å². The Morgan fingerprint density at radius 1 is 1.17 bits per heavy atom. The Hall–Kier alpha value is -3.09. The van der Waals surface area contributed by atoms with Gasteiger partial charge in [0.15, 0.2) is 11.6 Å². The number of ether oxygens (including phenoxy) is 1. The van der Waals surface area contributed by atoms with Crippen molar-refractivity contribution in [3.05, 3.63) is 47.2 Å². The summed E-state index contributed by atoms with van der Waals surface area (Å²) in [7, 11) is 1.81. The minimum atomic E-state index is 0.0250. The van der Waals surface area contributed by atoms with Gasteiger partial charge in [0.2, 0.25) is 0 Å². The number of pyridine rings is 1. The second-order valence-electron chi connectivity index (χ2n) is 8.52. The summed E-state index contributed by atoms with van der Waals surface area (Å²) < 4.78 is 5.86. The molecule has 7 heteroatoms. The number of nitrogens with zero attached hydrogens (tertiary/aromatic N) is 4. The lowest BCUT2D eigenvalue weighted by atomic mass is 9.99. The first-order valence-electron chi connectivity index (χ1n) is 10.6. The molecular formula is C23H26N4O3. The van der Waals surface area contributed by atoms with E-state index in [2.05, 4.69) is 22.9 Å². The summed E-state index contributed by atoms with van der Waals surface area (Å²) in [5.74, 6) is 2.10. The molecule has 1 aromatic heterocycles. The normalized spacial score (nSPS) is 18.9. The second-order valence-corrected chi connectivity index (χ2v) is 8.52. The molecule has 3 aliphatic rings. The zero-order valence-electron chi connectivity index (χ0n) is 17.4. The van der Waals surface area contributed by atoms with E-state index in [1.165, 1.54) is 0 Å². The number of hydrogen-bond acceptors (Lipinski definition) is 5. The summed E-state index contributed by atoms with van der Waals surface area (Å²) in [5, 5.41) is 0. The number of rotatable bonds is 2. The summed E-state index contributed by atoms with van der Waals surface area (Å²) in [6.45, 7) is 5.63. The maximum absolute atomic E-state index is 12.9. The van der Waals surface area contributed by atoms with Gasteiger partial charge in [0.25, 0.3) is 11.8 Å². The highest BCUT2D eigenvalue weighted by molar-refractivity contribution is 5.99. The number of anilines is 2. The summed E-state index contributed by atoms with van der Waals surface area (Å²) >= 11 is 0. The van der Waals surface area contributed by atoms with Crippen LogP contribution in [-0.2, 0) is 6.54 Å². The van der Waals surface area contributed by atoms with E-state index in [-0.39, 0.29) is 11.8 Å². The molecule has 5 rings (SSSR count). The monoisotopic (exact) mass is 406 g/mol. The minimum Gasteiger partial charge on any atom is -0.488 e. The predicted molar refractivity (Wildman–Crippen MR) is 113 cm³/mol. The average molecular weight is 406 g/mol. The van der Waals surface area contributed by atoms with Crippen LogP contribution < -0.4 is 9.64 Å². The van der Waals surface area contributed by atoms with Gasteiger partial charge in [0.1, 0.15) is 6.61 Å². The Bertz CT molecular complexity index is 1010. The van der Waals surface area contributed by atoms with Gasteiger partial charge in [-0.05, 0) is 48.6 Å². The number of piperidine rings is 1. The number of hydrogen-bond donors (Lipinski definition) is 0. The lowest BCUT2D eigenvalue weighted by molar-refractivity contribution is 0.0696. The van der Waals surface area contributed by atoms with Gasteiger partial charge >= 0.3 is 0 Å². The van der Waals surface area contributed by atoms with E-state index in [1.807, 2.05) is 30.1 Å². The minimum absolute atomic E-state index is 0.0250. The Kier molecular flexibility index (Phi) is 4.60. The summed E-state index contributed by atoms with van der Waals surface area (Å²) in [6.07, 6.45) is 3.75. The van der Waals surface area contributed by atoms with Crippen LogP contribution in [0.1, 0.15) is 46.0 Å². The van der Waals surface area contributed by atoms with Gasteiger partial charge in [-0.3, -0.25) is 9.59 Å². The summed E-state index contributed by atoms with van der Waals surface area (Å²) in [4.78, 5) is 35.4. The number of aromatic nitrogens is 1. The molecule has 4 heterocycles. The van der Waals surface area contributed by atoms with Crippen molar-refractivity contribution < 1.29 is 14.3 Å². The fourth-order valence-corrected chi connectivity index (χ4v) is 4.48. The van der Waals surface area contributed by atoms with Crippen LogP contribution >= 0.6 is 0 Å². The van der Waals surface area contributed by atoms with Gasteiger partial charge in [-0.2, -0.15) is 0 Å². The van der Waals surface area contributed by atoms with Crippen LogP contribution in [0.25, 0.3) is 0 Å². The Labute approximate surface area is 176 Å². The van der Waals surface area contributed by atoms with Gasteiger partial charge in [0.05, 0.1) is 12.1 Å². The Morgan fingerprint density at radius 3 is 2.77 bits per heavy atom. The van der Waals surface area contributed by atoms with Gasteiger partial charge in [-0.15, -0.1) is 0 Å². The highest BCUT2D eigenvalue weighted by Gasteiger charge is 2.28. The van der Waals surface area contributed by atoms with Gasteiger partial charge in [-0.25, -0.2) is 4.98 Å². The molecule has 0 aliphatic carbocycles. The first kappa shape index (κ1) is 18.9. The highest BCUT2D eigenvalue weighted by Crippen LogP contribution is 2.37. The number of amides is 2. The first-order valence-corrected chi connectivity index (χ1v) is 10.6. The fraction of sp³-hybridized carbons (Fsp3) is 0.435. The molecule has 0 unspecified atom stereocenters. The molecule has 2 aromatic rings. The lowest BCUT2D eigenvalue weighted by Crippen LogP contribution is -2.38. The molecule has 0 atom stereocenters. The quantitative estimate of drug-likeness (QED) is 0.767. The molecule has 1 aromatic carbocycles. The van der Waals surface area contributed by atoms with Crippen LogP contribution in [0.15, 0.2) is 30.5 Å². The molecule has 3 aliphatic heterocycles. The van der Waals surface area contributed by atoms with E-state index < -0.39 is 0 Å². The van der Waals surface area contributed by atoms with Crippen molar-refractivity contribution in [2.75, 3.05) is 38.2 Å². The summed E-state index contributed by atoms with van der Waals surface area (Å²) in [5.41, 5.74) is 3.35. The van der Waals surface area contributed by atoms with Gasteiger partial charge in [-0.1, -0.05) is 6.92 Å². The van der Waals surface area contributed by atoms with Crippen molar-refractivity contribution in [1.29, 1.82) is 0 Å². The first-order chi connectivity index (χ1) is 14.5. The van der Waals surface area contributed by atoms with Crippen molar-refractivity contribution >= 4 is 23.3 Å². The van der Waals surface area contributed by atoms with Crippen molar-refractivity contribution in [2.24, 2.45) is 5.92 Å². The number of fused-ring (bicyclic) bond motifs is 2. The molecule has 0 radical (unpaired) electrons. The van der Waals surface area contributed by atoms with Crippen LogP contribution in [0.3, 0.4) is 0 Å². The molecule has 0 saturated carbocycles. The summed E-state index contributed by atoms with van der Waals surface area (Å²) in [6, 6.07) is 7.72. The smallest absolute Gasteiger partial charge is 0.255 e. The SMILES string of the molecule is CC1CCN(C(=O)c2cnc3c(c2)OCCN3c2ccc3c(c2)CN(C)C3=O)CC1. The van der Waals surface area contributed by atoms with Crippen LogP contribution in [0.4, 0.5) is 11.5 Å². The van der Waals surface area contributed by atoms with Crippen LogP contribution in [0.2, 0.25) is 0 Å². The zero-order chi connectivity index (χ0) is 20.8. The second kappa shape index (κ2) is 7.31. The standard InChI is InChI=1S/C23H26N4O3/c1-15-5-7-26(8-6-15)22(28)16-12-20-21(24-13-16)27(9-10-30-20)18-3-4-19-17(11-18)14-25(2)23(19)29/h3-4,11-13,15H,5-10,14H2,1-2H3. The third-order valence-corrected chi connectivity index (χ3v) is 6.36. The molecule has 7 nitrogen and oxygen atoms in total. The topological polar surface area (TPSA) is 66.0 Å². The lowest BCUT2D eigenvalue weighted by Gasteiger charge is -2.32. The number of carbonyl (C=O) groups excluding carboxylic acids is 2. The molecule has 0 bridgehead atoms. The maximum Gasteiger partial charge on any atom is 0.255 e. The number of likely N-dealkylation sites (tertiary alicyclic amines) is 1. The largest absolute Gasteiger partial charge is 0.488 e. The predicted octanol–water partition coefficient (Wildman–Crippen LogP) is 3.07. The third-order valence-electron chi connectivity index (χ3n) is 6.36. The zero-order valence-corrected chi connectivity index (χ0v) is 17.4. The molecule has 30 heavy (non-hydrogen) atoms. The number of benzene rings is 1. The molecule has 0 spiro atoms. The third kappa shape index (κ3) is 3.18. The van der Waals surface area contributed by atoms with Crippen molar-refractivity contribution in [2.45, 2.75) is 26.3 Å². The maximum atomic E-state index is 12.9. The van der Waals surface area contributed by atoms with Crippen molar-refractivity contribution in [3.8, 4) is 5.75 Å². The molecule has 156 valence electrons. The van der Waals surface area contributed by atoms with Crippen molar-refractivity contribution in [3.63, 3.8) is 0 Å². The highest BCUT2D eigenvalue weighted by atomic mass is 16.5. The van der Waals surface area contributed by atoms with Crippen LogP contribution in [0, 0.1) is 5.92 Å². The van der Waals surface area contributed by atoms with Gasteiger partial charge in [0, 0.05) is 44.1 Å². The number of carbonyl (C=O) groups is 2. The van der Waals surface area contributed by atoms with Crippen molar-refractivity contribution in [1.82, 2.24) is 14.8 Å². The van der Waals surface area contributed by atoms with E-state index in [1.54, 1.807) is 11.1 Å². The van der Waals surface area contributed by atoms with E-state index in [0.29, 0.717) is 42.7 Å². The van der Waals surface area contributed by atoms with E-state index in [4.69, 9.17) is 4.74 Å².